The van der Waals surface area contributed by atoms with E-state index in [-0.39, 0.29) is 18.9 Å². The highest BCUT2D eigenvalue weighted by molar-refractivity contribution is 5.79. The van der Waals surface area contributed by atoms with E-state index >= 15 is 0 Å². The lowest BCUT2D eigenvalue weighted by Crippen LogP contribution is -2.15. The topological polar surface area (TPSA) is 100 Å². The van der Waals surface area contributed by atoms with Gasteiger partial charge in [-0.3, -0.25) is 4.79 Å². The van der Waals surface area contributed by atoms with Crippen molar-refractivity contribution in [2.75, 3.05) is 13.7 Å². The van der Waals surface area contributed by atoms with E-state index in [1.807, 2.05) is 0 Å². The number of methoxy groups -OCH3 is 1. The molecule has 0 unspecified atom stereocenters. The predicted octanol–water partition coefficient (Wildman–Crippen LogP) is -0.598. The second-order valence-electron chi connectivity index (χ2n) is 2.47. The third kappa shape index (κ3) is 2.59. The average molecular weight is 200 g/mol. The normalized spacial score (nSPS) is 10.1. The molecule has 0 N–H and O–H groups in total. The number of nitrogens with zero attached hydrogens (tertiary/aromatic N) is 4. The van der Waals surface area contributed by atoms with Gasteiger partial charge in [-0.2, -0.15) is 4.68 Å². The Morgan fingerprint density at radius 3 is 3.00 bits per heavy atom. The summed E-state index contributed by atoms with van der Waals surface area (Å²) >= 11 is 0. The fourth-order valence-electron chi connectivity index (χ4n) is 0.832. The molecule has 0 amide bonds. The minimum atomic E-state index is -0.725. The molecule has 1 heterocycles. The van der Waals surface area contributed by atoms with Crippen molar-refractivity contribution in [3.63, 3.8) is 0 Å². The molecule has 8 heteroatoms. The van der Waals surface area contributed by atoms with Gasteiger partial charge in [-0.1, -0.05) is 4.98 Å². The highest BCUT2D eigenvalue weighted by atomic mass is 16.6. The van der Waals surface area contributed by atoms with Crippen LogP contribution < -0.4 is 0 Å². The molecule has 0 aliphatic heterocycles. The first-order valence-electron chi connectivity index (χ1n) is 3.68. The smallest absolute Gasteiger partial charge is 0.390 e. The van der Waals surface area contributed by atoms with Crippen molar-refractivity contribution in [1.29, 1.82) is 0 Å². The molecule has 0 radical (unpaired) electrons. The standard InChI is InChI=1S/C6H8N4O4/c1-14-3-5(11)2-9-4-7-6(8-9)10(12)13/h4H,2-3H2,1H3. The first kappa shape index (κ1) is 10.3. The zero-order valence-electron chi connectivity index (χ0n) is 7.41. The lowest BCUT2D eigenvalue weighted by Gasteiger charge is -1.94. The largest absolute Gasteiger partial charge is 0.490 e. The highest BCUT2D eigenvalue weighted by Gasteiger charge is 2.14. The van der Waals surface area contributed by atoms with Crippen molar-refractivity contribution in [2.24, 2.45) is 0 Å². The van der Waals surface area contributed by atoms with Crippen molar-refractivity contribution in [3.8, 4) is 0 Å². The van der Waals surface area contributed by atoms with Crippen LogP contribution in [0.5, 0.6) is 0 Å². The van der Waals surface area contributed by atoms with Gasteiger partial charge in [0.2, 0.25) is 6.33 Å². The fraction of sp³-hybridized carbons (Fsp3) is 0.500. The monoisotopic (exact) mass is 200 g/mol. The third-order valence-electron chi connectivity index (χ3n) is 1.33. The van der Waals surface area contributed by atoms with Crippen molar-refractivity contribution >= 4 is 11.7 Å². The summed E-state index contributed by atoms with van der Waals surface area (Å²) in [5.74, 6) is -0.748. The van der Waals surface area contributed by atoms with E-state index in [4.69, 9.17) is 0 Å². The second kappa shape index (κ2) is 4.42. The van der Waals surface area contributed by atoms with Crippen LogP contribution in [0, 0.1) is 10.1 Å². The summed E-state index contributed by atoms with van der Waals surface area (Å²) in [6, 6.07) is 0. The van der Waals surface area contributed by atoms with Gasteiger partial charge in [0, 0.05) is 12.2 Å². The Kier molecular flexibility index (Phi) is 3.24. The molecule has 1 aromatic rings. The molecule has 0 atom stereocenters. The van der Waals surface area contributed by atoms with Gasteiger partial charge in [0.05, 0.1) is 0 Å². The summed E-state index contributed by atoms with van der Waals surface area (Å²) < 4.78 is 5.68. The molecule has 0 saturated carbocycles. The van der Waals surface area contributed by atoms with Crippen LogP contribution in [0.3, 0.4) is 0 Å². The summed E-state index contributed by atoms with van der Waals surface area (Å²) in [5, 5.41) is 13.6. The van der Waals surface area contributed by atoms with Gasteiger partial charge < -0.3 is 14.9 Å². The molecular weight excluding hydrogens is 192 g/mol. The molecule has 0 bridgehead atoms. The second-order valence-corrected chi connectivity index (χ2v) is 2.47. The Balaban J connectivity index is 2.59. The summed E-state index contributed by atoms with van der Waals surface area (Å²) in [4.78, 5) is 23.9. The quantitative estimate of drug-likeness (QED) is 0.464. The summed E-state index contributed by atoms with van der Waals surface area (Å²) in [6.07, 6.45) is 1.13. The van der Waals surface area contributed by atoms with Crippen molar-refractivity contribution < 1.29 is 14.5 Å². The number of aromatic nitrogens is 3. The first-order valence-corrected chi connectivity index (χ1v) is 3.68. The minimum absolute atomic E-state index is 0.0480. The predicted molar refractivity (Wildman–Crippen MR) is 43.6 cm³/mol. The number of hydrogen-bond donors (Lipinski definition) is 0. The SMILES string of the molecule is COCC(=O)Cn1cnc([N+](=O)[O-])n1. The first-order chi connectivity index (χ1) is 6.63. The zero-order chi connectivity index (χ0) is 10.6. The molecule has 0 fully saturated rings. The van der Waals surface area contributed by atoms with Gasteiger partial charge in [-0.05, 0) is 4.92 Å². The number of ketones is 1. The van der Waals surface area contributed by atoms with E-state index in [1.165, 1.54) is 7.11 Å². The van der Waals surface area contributed by atoms with E-state index in [9.17, 15) is 14.9 Å². The number of carbonyl (C=O) groups excluding carboxylic acids is 1. The third-order valence-corrected chi connectivity index (χ3v) is 1.33. The lowest BCUT2D eigenvalue weighted by molar-refractivity contribution is -0.394. The van der Waals surface area contributed by atoms with Crippen LogP contribution in [-0.4, -0.2) is 39.2 Å². The van der Waals surface area contributed by atoms with Gasteiger partial charge in [0.15, 0.2) is 5.78 Å². The minimum Gasteiger partial charge on any atom is -0.390 e. The Bertz CT molecular complexity index is 347. The summed E-state index contributed by atoms with van der Waals surface area (Å²) in [6.45, 7) is -0.123. The van der Waals surface area contributed by atoms with E-state index in [0.717, 1.165) is 11.0 Å². The number of rotatable bonds is 5. The maximum atomic E-state index is 11.0. The van der Waals surface area contributed by atoms with Gasteiger partial charge in [-0.25, -0.2) is 0 Å². The fourth-order valence-corrected chi connectivity index (χ4v) is 0.832. The Morgan fingerprint density at radius 2 is 2.50 bits per heavy atom. The average Bonchev–Trinajstić information content (AvgIpc) is 2.53. The van der Waals surface area contributed by atoms with Gasteiger partial charge in [0.1, 0.15) is 13.2 Å². The van der Waals surface area contributed by atoms with Crippen LogP contribution in [0.25, 0.3) is 0 Å². The number of ether oxygens (including phenoxy) is 1. The van der Waals surface area contributed by atoms with Crippen LogP contribution in [0.4, 0.5) is 5.95 Å². The van der Waals surface area contributed by atoms with Crippen LogP contribution in [0.2, 0.25) is 0 Å². The summed E-state index contributed by atoms with van der Waals surface area (Å²) in [5.41, 5.74) is 0. The highest BCUT2D eigenvalue weighted by Crippen LogP contribution is 1.99. The zero-order valence-corrected chi connectivity index (χ0v) is 7.41. The molecule has 8 nitrogen and oxygen atoms in total. The van der Waals surface area contributed by atoms with Crippen LogP contribution in [-0.2, 0) is 16.1 Å². The molecule has 0 aliphatic carbocycles. The molecule has 14 heavy (non-hydrogen) atoms. The Labute approximate surface area is 78.6 Å². The van der Waals surface area contributed by atoms with Crippen molar-refractivity contribution in [2.45, 2.75) is 6.54 Å². The summed E-state index contributed by atoms with van der Waals surface area (Å²) in [7, 11) is 1.39. The molecule has 1 aromatic heterocycles. The molecular formula is C6H8N4O4. The maximum absolute atomic E-state index is 11.0. The Hall–Kier alpha value is -1.83. The van der Waals surface area contributed by atoms with Gasteiger partial charge in [-0.15, -0.1) is 0 Å². The molecule has 0 saturated heterocycles. The van der Waals surface area contributed by atoms with E-state index in [1.54, 1.807) is 0 Å². The number of hydrogen-bond acceptors (Lipinski definition) is 6. The van der Waals surface area contributed by atoms with Crippen LogP contribution in [0.15, 0.2) is 6.33 Å². The molecule has 0 aliphatic rings. The molecule has 0 spiro atoms. The number of Topliss-reactive ketones (excluding diaryl/α,β-unsaturated/α-hetero) is 1. The Morgan fingerprint density at radius 1 is 1.79 bits per heavy atom. The van der Waals surface area contributed by atoms with Crippen molar-refractivity contribution in [1.82, 2.24) is 14.8 Å². The van der Waals surface area contributed by atoms with E-state index in [2.05, 4.69) is 14.8 Å². The van der Waals surface area contributed by atoms with Gasteiger partial charge in [0.25, 0.3) is 0 Å². The lowest BCUT2D eigenvalue weighted by atomic mass is 10.4. The van der Waals surface area contributed by atoms with Crippen molar-refractivity contribution in [3.05, 3.63) is 16.4 Å². The van der Waals surface area contributed by atoms with Crippen LogP contribution in [0.1, 0.15) is 0 Å². The van der Waals surface area contributed by atoms with E-state index < -0.39 is 10.9 Å². The molecule has 1 rings (SSSR count). The van der Waals surface area contributed by atoms with E-state index in [0.29, 0.717) is 0 Å². The number of nitro groups is 1. The molecule has 76 valence electrons. The maximum Gasteiger partial charge on any atom is 0.490 e. The van der Waals surface area contributed by atoms with Crippen LogP contribution >= 0.6 is 0 Å². The van der Waals surface area contributed by atoms with Gasteiger partial charge >= 0.3 is 5.95 Å². The molecule has 0 aromatic carbocycles. The number of carbonyl (C=O) groups is 1.